The van der Waals surface area contributed by atoms with Crippen molar-refractivity contribution in [1.29, 1.82) is 0 Å². The van der Waals surface area contributed by atoms with Crippen molar-refractivity contribution in [3.05, 3.63) is 22.4 Å². The van der Waals surface area contributed by atoms with Gasteiger partial charge in [0.15, 0.2) is 0 Å². The van der Waals surface area contributed by atoms with E-state index in [1.54, 1.807) is 0 Å². The molecule has 1 aromatic rings. The van der Waals surface area contributed by atoms with E-state index in [0.29, 0.717) is 18.0 Å². The minimum absolute atomic E-state index is 0.601. The quantitative estimate of drug-likeness (QED) is 0.847. The van der Waals surface area contributed by atoms with E-state index in [1.807, 2.05) is 11.3 Å². The molecular formula is C17H30N2S. The number of nitrogens with one attached hydrogen (secondary N) is 1. The van der Waals surface area contributed by atoms with E-state index >= 15 is 0 Å². The minimum Gasteiger partial charge on any atom is -0.314 e. The first-order chi connectivity index (χ1) is 9.63. The predicted molar refractivity (Wildman–Crippen MR) is 89.3 cm³/mol. The molecule has 0 bridgehead atoms. The first-order valence-corrected chi connectivity index (χ1v) is 9.02. The normalized spacial score (nSPS) is 26.1. The molecule has 1 fully saturated rings. The van der Waals surface area contributed by atoms with E-state index in [0.717, 1.165) is 12.5 Å². The van der Waals surface area contributed by atoms with Gasteiger partial charge in [0.2, 0.25) is 0 Å². The molecule has 114 valence electrons. The van der Waals surface area contributed by atoms with Gasteiger partial charge >= 0.3 is 0 Å². The van der Waals surface area contributed by atoms with Gasteiger partial charge in [-0.2, -0.15) is 0 Å². The summed E-state index contributed by atoms with van der Waals surface area (Å²) in [5.41, 5.74) is 0. The van der Waals surface area contributed by atoms with Crippen molar-refractivity contribution in [1.82, 2.24) is 10.2 Å². The zero-order valence-corrected chi connectivity index (χ0v) is 14.2. The highest BCUT2D eigenvalue weighted by molar-refractivity contribution is 7.10. The maximum atomic E-state index is 3.72. The van der Waals surface area contributed by atoms with Gasteiger partial charge in [0.05, 0.1) is 0 Å². The van der Waals surface area contributed by atoms with Crippen LogP contribution in [0.1, 0.15) is 51.5 Å². The van der Waals surface area contributed by atoms with Crippen molar-refractivity contribution in [2.24, 2.45) is 11.8 Å². The molecule has 1 aliphatic rings. The Kier molecular flexibility index (Phi) is 6.06. The van der Waals surface area contributed by atoms with Crippen molar-refractivity contribution < 1.29 is 0 Å². The second-order valence-electron chi connectivity index (χ2n) is 6.53. The molecule has 2 nitrogen and oxygen atoms in total. The highest BCUT2D eigenvalue weighted by Gasteiger charge is 2.32. The summed E-state index contributed by atoms with van der Waals surface area (Å²) < 4.78 is 0. The fraction of sp³-hybridized carbons (Fsp3) is 0.765. The van der Waals surface area contributed by atoms with Crippen molar-refractivity contribution in [3.63, 3.8) is 0 Å². The lowest BCUT2D eigenvalue weighted by Gasteiger charge is -2.42. The lowest BCUT2D eigenvalue weighted by atomic mass is 9.90. The topological polar surface area (TPSA) is 15.3 Å². The summed E-state index contributed by atoms with van der Waals surface area (Å²) in [4.78, 5) is 4.25. The van der Waals surface area contributed by atoms with Crippen LogP contribution in [-0.4, -0.2) is 30.6 Å². The number of nitrogens with zero attached hydrogens (tertiary/aromatic N) is 1. The van der Waals surface area contributed by atoms with Crippen LogP contribution in [0.5, 0.6) is 0 Å². The van der Waals surface area contributed by atoms with Crippen LogP contribution in [0.2, 0.25) is 0 Å². The molecule has 1 aliphatic heterocycles. The Labute approximate surface area is 128 Å². The summed E-state index contributed by atoms with van der Waals surface area (Å²) in [6, 6.07) is 5.81. The van der Waals surface area contributed by atoms with Gasteiger partial charge in [0, 0.05) is 30.1 Å². The van der Waals surface area contributed by atoms with Crippen LogP contribution >= 0.6 is 11.3 Å². The van der Waals surface area contributed by atoms with Gasteiger partial charge in [-0.05, 0) is 42.7 Å². The summed E-state index contributed by atoms with van der Waals surface area (Å²) in [7, 11) is 0. The molecule has 1 N–H and O–H groups in total. The summed E-state index contributed by atoms with van der Waals surface area (Å²) >= 11 is 1.91. The van der Waals surface area contributed by atoms with E-state index < -0.39 is 0 Å². The van der Waals surface area contributed by atoms with Crippen molar-refractivity contribution in [2.75, 3.05) is 19.6 Å². The Bertz CT molecular complexity index is 374. The van der Waals surface area contributed by atoms with Crippen LogP contribution in [0.3, 0.4) is 0 Å². The van der Waals surface area contributed by atoms with E-state index in [1.165, 1.54) is 30.8 Å². The van der Waals surface area contributed by atoms with Crippen LogP contribution in [0.25, 0.3) is 0 Å². The van der Waals surface area contributed by atoms with Crippen LogP contribution in [-0.2, 0) is 0 Å². The van der Waals surface area contributed by atoms with Gasteiger partial charge in [0.25, 0.3) is 0 Å². The van der Waals surface area contributed by atoms with Gasteiger partial charge in [-0.15, -0.1) is 11.3 Å². The third-order valence-corrected chi connectivity index (χ3v) is 5.40. The molecule has 0 radical (unpaired) electrons. The molecule has 0 spiro atoms. The summed E-state index contributed by atoms with van der Waals surface area (Å²) in [6.45, 7) is 13.0. The summed E-state index contributed by atoms with van der Waals surface area (Å²) in [5, 5.41) is 5.93. The molecule has 3 unspecified atom stereocenters. The standard InChI is InChI=1S/C17H30N2S/c1-5-9-18-15-8-10-19(12-14(15)4)17(13(2)3)16-7-6-11-20-16/h6-7,11,13-15,17-18H,5,8-10,12H2,1-4H3. The highest BCUT2D eigenvalue weighted by Crippen LogP contribution is 2.34. The molecule has 1 saturated heterocycles. The molecule has 2 rings (SSSR count). The van der Waals surface area contributed by atoms with E-state index in [2.05, 4.69) is 55.4 Å². The maximum Gasteiger partial charge on any atom is 0.0464 e. The molecule has 0 amide bonds. The van der Waals surface area contributed by atoms with E-state index in [9.17, 15) is 0 Å². The third-order valence-electron chi connectivity index (χ3n) is 4.45. The molecule has 20 heavy (non-hydrogen) atoms. The number of rotatable bonds is 6. The summed E-state index contributed by atoms with van der Waals surface area (Å²) in [6.07, 6.45) is 2.52. The predicted octanol–water partition coefficient (Wildman–Crippen LogP) is 4.16. The van der Waals surface area contributed by atoms with E-state index in [-0.39, 0.29) is 0 Å². The van der Waals surface area contributed by atoms with Gasteiger partial charge < -0.3 is 5.32 Å². The molecule has 2 heterocycles. The molecule has 1 aromatic heterocycles. The van der Waals surface area contributed by atoms with Crippen molar-refractivity contribution >= 4 is 11.3 Å². The fourth-order valence-electron chi connectivity index (χ4n) is 3.45. The first-order valence-electron chi connectivity index (χ1n) is 8.14. The second-order valence-corrected chi connectivity index (χ2v) is 7.51. The minimum atomic E-state index is 0.601. The van der Waals surface area contributed by atoms with Gasteiger partial charge in [-0.1, -0.05) is 33.8 Å². The fourth-order valence-corrected chi connectivity index (χ4v) is 4.49. The zero-order chi connectivity index (χ0) is 14.5. The van der Waals surface area contributed by atoms with Crippen molar-refractivity contribution in [2.45, 2.75) is 52.6 Å². The third kappa shape index (κ3) is 3.84. The Morgan fingerprint density at radius 3 is 2.80 bits per heavy atom. The highest BCUT2D eigenvalue weighted by atomic mass is 32.1. The number of hydrogen-bond acceptors (Lipinski definition) is 3. The molecule has 0 saturated carbocycles. The number of likely N-dealkylation sites (tertiary alicyclic amines) is 1. The second kappa shape index (κ2) is 7.58. The van der Waals surface area contributed by atoms with Crippen LogP contribution in [0.15, 0.2) is 17.5 Å². The smallest absolute Gasteiger partial charge is 0.0464 e. The molecule has 0 aromatic carbocycles. The van der Waals surface area contributed by atoms with Crippen LogP contribution < -0.4 is 5.32 Å². The molecule has 3 atom stereocenters. The van der Waals surface area contributed by atoms with Crippen molar-refractivity contribution in [3.8, 4) is 0 Å². The zero-order valence-electron chi connectivity index (χ0n) is 13.4. The Morgan fingerprint density at radius 1 is 1.45 bits per heavy atom. The lowest BCUT2D eigenvalue weighted by molar-refractivity contribution is 0.0822. The largest absolute Gasteiger partial charge is 0.314 e. The maximum absolute atomic E-state index is 3.72. The van der Waals surface area contributed by atoms with Crippen LogP contribution in [0.4, 0.5) is 0 Å². The number of piperidine rings is 1. The first kappa shape index (κ1) is 16.0. The summed E-state index contributed by atoms with van der Waals surface area (Å²) in [5.74, 6) is 1.43. The average Bonchev–Trinajstić information content (AvgIpc) is 2.91. The average molecular weight is 295 g/mol. The van der Waals surface area contributed by atoms with Gasteiger partial charge in [-0.3, -0.25) is 4.90 Å². The Morgan fingerprint density at radius 2 is 2.25 bits per heavy atom. The molecule has 3 heteroatoms. The number of thiophene rings is 1. The van der Waals surface area contributed by atoms with Gasteiger partial charge in [0.1, 0.15) is 0 Å². The lowest BCUT2D eigenvalue weighted by Crippen LogP contribution is -2.50. The van der Waals surface area contributed by atoms with Crippen LogP contribution in [0, 0.1) is 11.8 Å². The van der Waals surface area contributed by atoms with Gasteiger partial charge in [-0.25, -0.2) is 0 Å². The monoisotopic (exact) mass is 294 g/mol. The molecule has 0 aliphatic carbocycles. The molecular weight excluding hydrogens is 264 g/mol. The Balaban J connectivity index is 1.99. The number of hydrogen-bond donors (Lipinski definition) is 1. The SMILES string of the molecule is CCCNC1CCN(C(c2cccs2)C(C)C)CC1C. The Hall–Kier alpha value is -0.380. The van der Waals surface area contributed by atoms with E-state index in [4.69, 9.17) is 0 Å².